The molecule has 2 nitrogen and oxygen atoms in total. The van der Waals surface area contributed by atoms with E-state index in [2.05, 4.69) is 53.1 Å². The van der Waals surface area contributed by atoms with Crippen LogP contribution in [0.3, 0.4) is 0 Å². The van der Waals surface area contributed by atoms with E-state index in [1.165, 1.54) is 0 Å². The number of hydrogen-bond acceptors (Lipinski definition) is 2. The molecule has 0 saturated carbocycles. The van der Waals surface area contributed by atoms with Crippen molar-refractivity contribution in [1.29, 1.82) is 0 Å². The first-order chi connectivity index (χ1) is 6.66. The molecular formula is C13H23NO. The molecule has 0 N–H and O–H groups in total. The number of hydrogen-bond donors (Lipinski definition) is 0. The summed E-state index contributed by atoms with van der Waals surface area (Å²) in [4.78, 5) is 4.60. The van der Waals surface area contributed by atoms with E-state index in [0.29, 0.717) is 0 Å². The van der Waals surface area contributed by atoms with Gasteiger partial charge in [-0.05, 0) is 0 Å². The van der Waals surface area contributed by atoms with Crippen LogP contribution in [0.15, 0.2) is 17.6 Å². The summed E-state index contributed by atoms with van der Waals surface area (Å²) < 4.78 is 5.97. The van der Waals surface area contributed by atoms with Crippen LogP contribution in [-0.4, -0.2) is 18.0 Å². The minimum absolute atomic E-state index is 0.0126. The summed E-state index contributed by atoms with van der Waals surface area (Å²) in [6, 6.07) is 0.0965. The van der Waals surface area contributed by atoms with E-state index in [4.69, 9.17) is 4.74 Å². The maximum absolute atomic E-state index is 5.97. The second-order valence-electron chi connectivity index (χ2n) is 6.32. The molecule has 2 atom stereocenters. The topological polar surface area (TPSA) is 21.6 Å². The molecule has 2 heteroatoms. The van der Waals surface area contributed by atoms with Gasteiger partial charge in [-0.25, -0.2) is 4.99 Å². The van der Waals surface area contributed by atoms with Crippen LogP contribution >= 0.6 is 0 Å². The number of rotatable bonds is 1. The van der Waals surface area contributed by atoms with Gasteiger partial charge in [-0.3, -0.25) is 0 Å². The van der Waals surface area contributed by atoms with Gasteiger partial charge in [-0.15, -0.1) is 6.58 Å². The van der Waals surface area contributed by atoms with Crippen molar-refractivity contribution < 1.29 is 4.74 Å². The highest BCUT2D eigenvalue weighted by Gasteiger charge is 2.40. The van der Waals surface area contributed by atoms with Crippen molar-refractivity contribution in [2.45, 2.75) is 53.7 Å². The average Bonchev–Trinajstić information content (AvgIpc) is 2.44. The van der Waals surface area contributed by atoms with E-state index in [-0.39, 0.29) is 23.0 Å². The van der Waals surface area contributed by atoms with Gasteiger partial charge >= 0.3 is 0 Å². The molecule has 0 amide bonds. The van der Waals surface area contributed by atoms with Crippen LogP contribution in [0.2, 0.25) is 0 Å². The Bertz CT molecular complexity index is 278. The molecular weight excluding hydrogens is 186 g/mol. The Morgan fingerprint density at radius 2 is 1.73 bits per heavy atom. The molecule has 86 valence electrons. The van der Waals surface area contributed by atoms with Gasteiger partial charge in [0, 0.05) is 10.8 Å². The summed E-state index contributed by atoms with van der Waals surface area (Å²) in [5.41, 5.74) is 0.0800. The monoisotopic (exact) mass is 209 g/mol. The van der Waals surface area contributed by atoms with Gasteiger partial charge in [0.2, 0.25) is 0 Å². The van der Waals surface area contributed by atoms with Crippen LogP contribution < -0.4 is 0 Å². The number of nitrogens with zero attached hydrogens (tertiary/aromatic N) is 1. The lowest BCUT2D eigenvalue weighted by molar-refractivity contribution is 0.0776. The maximum atomic E-state index is 5.97. The lowest BCUT2D eigenvalue weighted by Gasteiger charge is -2.30. The Labute approximate surface area is 93.4 Å². The molecule has 1 aliphatic heterocycles. The molecule has 1 heterocycles. The summed E-state index contributed by atoms with van der Waals surface area (Å²) in [5, 5.41) is 0. The van der Waals surface area contributed by atoms with Crippen LogP contribution in [0.1, 0.15) is 41.5 Å². The highest BCUT2D eigenvalue weighted by molar-refractivity contribution is 5.83. The zero-order chi connectivity index (χ0) is 11.9. The first-order valence-electron chi connectivity index (χ1n) is 5.54. The first-order valence-corrected chi connectivity index (χ1v) is 5.54. The van der Waals surface area contributed by atoms with Crippen molar-refractivity contribution in [3.8, 4) is 0 Å². The molecule has 0 aromatic rings. The SMILES string of the molecule is C=C[C@H]1N=C(C(C)(C)C)O[C@@H]1C(C)(C)C. The molecule has 0 spiro atoms. The normalized spacial score (nSPS) is 27.2. The molecule has 1 rings (SSSR count). The highest BCUT2D eigenvalue weighted by atomic mass is 16.5. The predicted molar refractivity (Wildman–Crippen MR) is 65.2 cm³/mol. The van der Waals surface area contributed by atoms with Gasteiger partial charge in [0.25, 0.3) is 0 Å². The molecule has 0 bridgehead atoms. The van der Waals surface area contributed by atoms with Gasteiger partial charge in [-0.1, -0.05) is 47.6 Å². The smallest absolute Gasteiger partial charge is 0.189 e. The van der Waals surface area contributed by atoms with Crippen molar-refractivity contribution >= 4 is 5.90 Å². The fourth-order valence-electron chi connectivity index (χ4n) is 1.66. The Balaban J connectivity index is 2.91. The quantitative estimate of drug-likeness (QED) is 0.606. The number of ether oxygens (including phenoxy) is 1. The second-order valence-corrected chi connectivity index (χ2v) is 6.32. The van der Waals surface area contributed by atoms with E-state index in [1.54, 1.807) is 0 Å². The molecule has 0 fully saturated rings. The zero-order valence-electron chi connectivity index (χ0n) is 10.8. The van der Waals surface area contributed by atoms with E-state index < -0.39 is 0 Å². The third kappa shape index (κ3) is 2.61. The molecule has 1 aliphatic rings. The van der Waals surface area contributed by atoms with Crippen molar-refractivity contribution in [1.82, 2.24) is 0 Å². The van der Waals surface area contributed by atoms with E-state index in [9.17, 15) is 0 Å². The summed E-state index contributed by atoms with van der Waals surface area (Å²) in [5.74, 6) is 0.854. The fraction of sp³-hybridized carbons (Fsp3) is 0.769. The third-order valence-corrected chi connectivity index (χ3v) is 2.55. The van der Waals surface area contributed by atoms with Crippen molar-refractivity contribution in [2.75, 3.05) is 0 Å². The second kappa shape index (κ2) is 3.66. The molecule has 0 saturated heterocycles. The average molecular weight is 209 g/mol. The molecule has 15 heavy (non-hydrogen) atoms. The van der Waals surface area contributed by atoms with E-state index in [1.807, 2.05) is 6.08 Å². The standard InChI is InChI=1S/C13H23NO/c1-8-9-10(12(2,3)4)15-11(14-9)13(5,6)7/h8-10H,1H2,2-7H3/t9-,10+/m1/s1. The summed E-state index contributed by atoms with van der Waals surface area (Å²) in [7, 11) is 0. The minimum atomic E-state index is -0.0126. The van der Waals surface area contributed by atoms with Crippen LogP contribution in [0, 0.1) is 10.8 Å². The lowest BCUT2D eigenvalue weighted by atomic mass is 9.85. The Kier molecular flexibility index (Phi) is 2.99. The van der Waals surface area contributed by atoms with Gasteiger partial charge < -0.3 is 4.74 Å². The largest absolute Gasteiger partial charge is 0.474 e. The van der Waals surface area contributed by atoms with Gasteiger partial charge in [0.15, 0.2) is 5.90 Å². The predicted octanol–water partition coefficient (Wildman–Crippen LogP) is 3.43. The zero-order valence-corrected chi connectivity index (χ0v) is 10.8. The van der Waals surface area contributed by atoms with E-state index in [0.717, 1.165) is 5.90 Å². The van der Waals surface area contributed by atoms with Crippen LogP contribution in [0.5, 0.6) is 0 Å². The van der Waals surface area contributed by atoms with Crippen LogP contribution in [0.25, 0.3) is 0 Å². The molecule has 0 aliphatic carbocycles. The van der Waals surface area contributed by atoms with Gasteiger partial charge in [0.05, 0.1) is 0 Å². The van der Waals surface area contributed by atoms with Crippen molar-refractivity contribution in [3.05, 3.63) is 12.7 Å². The Hall–Kier alpha value is -0.790. The van der Waals surface area contributed by atoms with Gasteiger partial charge in [0.1, 0.15) is 12.1 Å². The third-order valence-electron chi connectivity index (χ3n) is 2.55. The number of aliphatic imine (C=N–C) groups is 1. The lowest BCUT2D eigenvalue weighted by Crippen LogP contribution is -2.36. The molecule has 0 aromatic carbocycles. The first kappa shape index (κ1) is 12.3. The van der Waals surface area contributed by atoms with Crippen LogP contribution in [-0.2, 0) is 4.74 Å². The van der Waals surface area contributed by atoms with E-state index >= 15 is 0 Å². The Morgan fingerprint density at radius 1 is 1.20 bits per heavy atom. The Morgan fingerprint density at radius 3 is 2.00 bits per heavy atom. The molecule has 0 unspecified atom stereocenters. The highest BCUT2D eigenvalue weighted by Crippen LogP contribution is 2.35. The van der Waals surface area contributed by atoms with Gasteiger partial charge in [-0.2, -0.15) is 0 Å². The maximum Gasteiger partial charge on any atom is 0.189 e. The minimum Gasteiger partial charge on any atom is -0.474 e. The molecule has 0 radical (unpaired) electrons. The van der Waals surface area contributed by atoms with Crippen molar-refractivity contribution in [2.24, 2.45) is 15.8 Å². The summed E-state index contributed by atoms with van der Waals surface area (Å²) in [6.07, 6.45) is 2.00. The summed E-state index contributed by atoms with van der Waals surface area (Å²) in [6.45, 7) is 16.7. The van der Waals surface area contributed by atoms with Crippen LogP contribution in [0.4, 0.5) is 0 Å². The molecule has 0 aromatic heterocycles. The van der Waals surface area contributed by atoms with Crippen molar-refractivity contribution in [3.63, 3.8) is 0 Å². The fourth-order valence-corrected chi connectivity index (χ4v) is 1.66. The summed E-state index contributed by atoms with van der Waals surface area (Å²) >= 11 is 0.